The Labute approximate surface area is 765 Å². The number of benzene rings is 24. The van der Waals surface area contributed by atoms with Gasteiger partial charge in [0.25, 0.3) is 0 Å². The van der Waals surface area contributed by atoms with Gasteiger partial charge in [0.05, 0.1) is 33.4 Å². The van der Waals surface area contributed by atoms with Gasteiger partial charge in [-0.1, -0.05) is 370 Å². The van der Waals surface area contributed by atoms with E-state index in [4.69, 9.17) is 0 Å². The van der Waals surface area contributed by atoms with E-state index in [0.717, 1.165) is 45.5 Å². The van der Waals surface area contributed by atoms with Crippen molar-refractivity contribution in [2.45, 2.75) is 0 Å². The van der Waals surface area contributed by atoms with E-state index >= 15 is 0 Å². The van der Waals surface area contributed by atoms with Crippen LogP contribution in [0, 0.1) is 0 Å². The van der Waals surface area contributed by atoms with Gasteiger partial charge in [0, 0.05) is 66.4 Å². The molecule has 0 spiro atoms. The molecule has 0 saturated carbocycles. The van der Waals surface area contributed by atoms with Crippen molar-refractivity contribution in [3.8, 4) is 78.1 Å². The maximum Gasteiger partial charge on any atom is 0.0541 e. The number of aromatic nitrogens is 2. The number of hydrogen-bond donors (Lipinski definition) is 0. The Morgan fingerprint density at radius 2 is 0.341 bits per heavy atom. The van der Waals surface area contributed by atoms with Crippen LogP contribution in [0.2, 0.25) is 0 Å². The predicted octanol–water partition coefficient (Wildman–Crippen LogP) is 35.7. The van der Waals surface area contributed by atoms with Gasteiger partial charge in [-0.2, -0.15) is 0 Å². The summed E-state index contributed by atoms with van der Waals surface area (Å²) in [5, 5.41) is 25.3. The fraction of sp³-hybridized carbons (Fsp3) is 0. The van der Waals surface area contributed by atoms with Crippen molar-refractivity contribution >= 4 is 164 Å². The van der Waals surface area contributed by atoms with Crippen molar-refractivity contribution in [2.24, 2.45) is 0 Å². The number of anilines is 6. The number of para-hydroxylation sites is 2. The monoisotopic (exact) mass is 1680 g/mol. The summed E-state index contributed by atoms with van der Waals surface area (Å²) in [4.78, 5) is 4.75. The van der Waals surface area contributed by atoms with Crippen molar-refractivity contribution in [1.82, 2.24) is 9.13 Å². The Morgan fingerprint density at radius 3 is 0.705 bits per heavy atom. The molecule has 0 amide bonds. The van der Waals surface area contributed by atoms with E-state index in [0.29, 0.717) is 0 Å². The molecule has 0 aliphatic heterocycles. The molecule has 0 radical (unpaired) electrons. The average molecular weight is 1680 g/mol. The first-order chi connectivity index (χ1) is 65.5. The van der Waals surface area contributed by atoms with Crippen LogP contribution in [0.5, 0.6) is 0 Å². The second-order valence-corrected chi connectivity index (χ2v) is 34.6. The first kappa shape index (κ1) is 76.9. The molecule has 0 N–H and O–H groups in total. The van der Waals surface area contributed by atoms with Crippen LogP contribution in [0.1, 0.15) is 0 Å². The molecular weight excluding hydrogens is 1590 g/mol. The van der Waals surface area contributed by atoms with Gasteiger partial charge in [-0.15, -0.1) is 0 Å². The zero-order valence-corrected chi connectivity index (χ0v) is 72.3. The fourth-order valence-corrected chi connectivity index (χ4v) is 20.8. The Hall–Kier alpha value is -17.4. The standard InChI is InChI=1S/C70H46N2.C58H38N2/c1-3-14-47(15-4-1)49-26-35-56(36-27-49)71(68-25-13-19-52-18-7-8-20-59(52)68)57-37-28-51(29-38-57)55-34-43-70-67(46-55)66-45-54(48-16-5-2-6-17-48)33-42-69(66)72(70)58-39-30-50(31-40-58)53-32-41-64-62-23-10-9-21-60(62)61-22-11-12-24-63(61)65(64)44-53;1-2-15-44(16-3-1)59(56-24-12-14-41-13-4-5-17-47(41)56)45-31-25-40(26-32-45)43-30-36-58-55(38-43)53-22-10-11-23-57(53)60(58)46-33-27-39(28-34-46)42-29-35-52-50-20-7-6-18-48(50)49-19-8-9-21-51(49)54(52)37-42/h1-46H;1-38H. The van der Waals surface area contributed by atoms with Gasteiger partial charge in [0.15, 0.2) is 0 Å². The molecule has 2 heterocycles. The highest BCUT2D eigenvalue weighted by Gasteiger charge is 2.23. The Kier molecular flexibility index (Phi) is 18.9. The molecule has 0 atom stereocenters. The molecule has 4 nitrogen and oxygen atoms in total. The van der Waals surface area contributed by atoms with E-state index < -0.39 is 0 Å². The molecule has 2 aromatic heterocycles. The first-order valence-electron chi connectivity index (χ1n) is 45.5. The number of rotatable bonds is 14. The highest BCUT2D eigenvalue weighted by Crippen LogP contribution is 2.47. The summed E-state index contributed by atoms with van der Waals surface area (Å²) in [6.07, 6.45) is 0. The Balaban J connectivity index is 0.000000144. The van der Waals surface area contributed by atoms with Crippen LogP contribution in [0.15, 0.2) is 510 Å². The van der Waals surface area contributed by atoms with Gasteiger partial charge in [-0.05, 0) is 282 Å². The lowest BCUT2D eigenvalue weighted by Gasteiger charge is -2.27. The third-order valence-corrected chi connectivity index (χ3v) is 27.1. The smallest absolute Gasteiger partial charge is 0.0541 e. The molecule has 132 heavy (non-hydrogen) atoms. The number of nitrogens with zero attached hydrogens (tertiary/aromatic N) is 4. The lowest BCUT2D eigenvalue weighted by Crippen LogP contribution is -2.10. The van der Waals surface area contributed by atoms with Crippen molar-refractivity contribution in [2.75, 3.05) is 9.80 Å². The zero-order chi connectivity index (χ0) is 87.1. The fourth-order valence-electron chi connectivity index (χ4n) is 20.8. The highest BCUT2D eigenvalue weighted by molar-refractivity contribution is 6.27. The third kappa shape index (κ3) is 13.5. The predicted molar refractivity (Wildman–Crippen MR) is 564 cm³/mol. The highest BCUT2D eigenvalue weighted by atomic mass is 15.1. The van der Waals surface area contributed by atoms with Gasteiger partial charge in [-0.25, -0.2) is 0 Å². The third-order valence-electron chi connectivity index (χ3n) is 27.1. The van der Waals surface area contributed by atoms with E-state index in [9.17, 15) is 0 Å². The summed E-state index contributed by atoms with van der Waals surface area (Å²) in [6.45, 7) is 0. The SMILES string of the molecule is c1ccc(-c2ccc(N(c3ccc(-c4ccc5c(c4)c4cc(-c6ccccc6)ccc4n5-c4ccc(-c5ccc6c7ccccc7c7ccccc7c6c5)cc4)cc3)c3cccc4ccccc34)cc2)cc1.c1ccc(N(c2ccc(-c3ccc4c(c3)c3ccccc3n4-c3ccc(-c4ccc5c6ccccc6c6ccccc6c5c4)cc3)cc2)c2cccc3ccccc23)cc1. The molecule has 4 heteroatoms. The van der Waals surface area contributed by atoms with Gasteiger partial charge < -0.3 is 18.9 Å². The van der Waals surface area contributed by atoms with Crippen molar-refractivity contribution < 1.29 is 0 Å². The molecule has 616 valence electrons. The summed E-state index contributed by atoms with van der Waals surface area (Å²) >= 11 is 0. The van der Waals surface area contributed by atoms with Crippen molar-refractivity contribution in [3.05, 3.63) is 510 Å². The summed E-state index contributed by atoms with van der Waals surface area (Å²) < 4.78 is 4.84. The van der Waals surface area contributed by atoms with E-state index in [1.54, 1.807) is 0 Å². The summed E-state index contributed by atoms with van der Waals surface area (Å²) in [5.74, 6) is 0. The Morgan fingerprint density at radius 1 is 0.121 bits per heavy atom. The van der Waals surface area contributed by atoms with Gasteiger partial charge >= 0.3 is 0 Å². The zero-order valence-electron chi connectivity index (χ0n) is 72.3. The molecule has 0 aliphatic carbocycles. The van der Waals surface area contributed by atoms with Crippen molar-refractivity contribution in [3.63, 3.8) is 0 Å². The molecule has 0 fully saturated rings. The van der Waals surface area contributed by atoms with Crippen LogP contribution in [0.3, 0.4) is 0 Å². The maximum absolute atomic E-state index is 2.43. The van der Waals surface area contributed by atoms with E-state index in [-0.39, 0.29) is 0 Å². The molecular formula is C128H84N4. The second-order valence-electron chi connectivity index (χ2n) is 34.6. The van der Waals surface area contributed by atoms with Crippen molar-refractivity contribution in [1.29, 1.82) is 0 Å². The largest absolute Gasteiger partial charge is 0.310 e. The molecule has 26 aromatic rings. The van der Waals surface area contributed by atoms with Crippen LogP contribution >= 0.6 is 0 Å². The minimum absolute atomic E-state index is 1.10. The van der Waals surface area contributed by atoms with Gasteiger partial charge in [0.2, 0.25) is 0 Å². The normalized spacial score (nSPS) is 11.6. The lowest BCUT2D eigenvalue weighted by molar-refractivity contribution is 1.18. The Bertz CT molecular complexity index is 8890. The van der Waals surface area contributed by atoms with Crippen LogP contribution in [-0.4, -0.2) is 9.13 Å². The number of fused-ring (bicyclic) bond motifs is 20. The minimum atomic E-state index is 1.10. The van der Waals surface area contributed by atoms with Crippen LogP contribution < -0.4 is 9.80 Å². The molecule has 0 unspecified atom stereocenters. The molecule has 0 aliphatic rings. The molecule has 26 rings (SSSR count). The van der Waals surface area contributed by atoms with E-state index in [2.05, 4.69) is 529 Å². The summed E-state index contributed by atoms with van der Waals surface area (Å²) in [6, 6.07) is 186. The van der Waals surface area contributed by atoms with Gasteiger partial charge in [-0.3, -0.25) is 0 Å². The molecule has 0 bridgehead atoms. The van der Waals surface area contributed by atoms with E-state index in [1.165, 1.54) is 197 Å². The van der Waals surface area contributed by atoms with Crippen LogP contribution in [0.4, 0.5) is 34.1 Å². The van der Waals surface area contributed by atoms with Crippen LogP contribution in [0.25, 0.3) is 208 Å². The van der Waals surface area contributed by atoms with Gasteiger partial charge in [0.1, 0.15) is 0 Å². The topological polar surface area (TPSA) is 16.3 Å². The van der Waals surface area contributed by atoms with Crippen LogP contribution in [-0.2, 0) is 0 Å². The average Bonchev–Trinajstić information content (AvgIpc) is 1.27. The first-order valence-corrected chi connectivity index (χ1v) is 45.5. The maximum atomic E-state index is 2.43. The molecule has 24 aromatic carbocycles. The summed E-state index contributed by atoms with van der Waals surface area (Å²) in [7, 11) is 0. The molecule has 0 saturated heterocycles. The quantitative estimate of drug-likeness (QED) is 0.101. The number of hydrogen-bond acceptors (Lipinski definition) is 2. The lowest BCUT2D eigenvalue weighted by atomic mass is 9.92. The minimum Gasteiger partial charge on any atom is -0.310 e. The van der Waals surface area contributed by atoms with E-state index in [1.807, 2.05) is 0 Å². The summed E-state index contributed by atoms with van der Waals surface area (Å²) in [5.41, 5.74) is 28.1. The second kappa shape index (κ2) is 32.5.